The second-order valence-corrected chi connectivity index (χ2v) is 7.83. The first-order valence-electron chi connectivity index (χ1n) is 6.99. The van der Waals surface area contributed by atoms with Gasteiger partial charge in [0, 0.05) is 21.2 Å². The van der Waals surface area contributed by atoms with E-state index in [0.717, 1.165) is 19.3 Å². The molecule has 114 valence electrons. The average Bonchev–Trinajstić information content (AvgIpc) is 2.30. The monoisotopic (exact) mass is 292 g/mol. The number of rotatable bonds is 11. The molecule has 0 aromatic carbocycles. The summed E-state index contributed by atoms with van der Waals surface area (Å²) in [6.07, 6.45) is 2.85. The maximum Gasteiger partial charge on any atom is 0.320 e. The number of hydrogen-bond acceptors (Lipinski definition) is 4. The van der Waals surface area contributed by atoms with Crippen LogP contribution >= 0.6 is 0 Å². The Morgan fingerprint density at radius 1 is 1.32 bits per heavy atom. The van der Waals surface area contributed by atoms with Crippen molar-refractivity contribution in [2.75, 3.05) is 18.1 Å². The number of hydrogen-bond donors (Lipinski definition) is 3. The van der Waals surface area contributed by atoms with Gasteiger partial charge in [-0.15, -0.1) is 0 Å². The standard InChI is InChI=1S/C13H28N2O3S/c1-4-5-9-19(14,18)10-7-12(13(16)17)15-8-6-11(2)3/h11-12,14-15H,4-10H2,1-3H3,(H,16,17)/t12-,19?/m0/s1. The second kappa shape index (κ2) is 9.31. The van der Waals surface area contributed by atoms with Crippen LogP contribution in [-0.4, -0.2) is 39.4 Å². The molecule has 3 N–H and O–H groups in total. The molecule has 0 saturated carbocycles. The molecule has 1 unspecified atom stereocenters. The van der Waals surface area contributed by atoms with Gasteiger partial charge in [0.25, 0.3) is 0 Å². The number of unbranched alkanes of at least 4 members (excludes halogenated alkanes) is 1. The summed E-state index contributed by atoms with van der Waals surface area (Å²) in [5.74, 6) is 0.141. The highest BCUT2D eigenvalue weighted by Gasteiger charge is 2.19. The molecule has 0 aromatic heterocycles. The van der Waals surface area contributed by atoms with E-state index in [-0.39, 0.29) is 12.2 Å². The maximum absolute atomic E-state index is 11.9. The Kier molecular flexibility index (Phi) is 9.01. The summed E-state index contributed by atoms with van der Waals surface area (Å²) in [5, 5.41) is 12.1. The van der Waals surface area contributed by atoms with Crippen LogP contribution < -0.4 is 5.32 Å². The fraction of sp³-hybridized carbons (Fsp3) is 0.923. The van der Waals surface area contributed by atoms with Crippen LogP contribution in [0.25, 0.3) is 0 Å². The minimum Gasteiger partial charge on any atom is -0.480 e. The van der Waals surface area contributed by atoms with E-state index in [1.807, 2.05) is 6.92 Å². The van der Waals surface area contributed by atoms with Crippen molar-refractivity contribution in [1.29, 1.82) is 4.78 Å². The van der Waals surface area contributed by atoms with E-state index in [2.05, 4.69) is 19.2 Å². The van der Waals surface area contributed by atoms with E-state index in [4.69, 9.17) is 9.89 Å². The lowest BCUT2D eigenvalue weighted by atomic mass is 10.1. The molecular formula is C13H28N2O3S. The van der Waals surface area contributed by atoms with E-state index < -0.39 is 21.7 Å². The molecule has 0 bridgehead atoms. The molecule has 0 aliphatic rings. The SMILES string of the molecule is CCCCS(=N)(=O)CC[C@H](NCCC(C)C)C(=O)O. The molecule has 0 heterocycles. The van der Waals surface area contributed by atoms with Crippen molar-refractivity contribution < 1.29 is 14.1 Å². The highest BCUT2D eigenvalue weighted by Crippen LogP contribution is 2.04. The quantitative estimate of drug-likeness (QED) is 0.545. The first kappa shape index (κ1) is 18.4. The van der Waals surface area contributed by atoms with Crippen LogP contribution in [0.5, 0.6) is 0 Å². The Morgan fingerprint density at radius 2 is 1.95 bits per heavy atom. The predicted molar refractivity (Wildman–Crippen MR) is 79.0 cm³/mol. The third-order valence-electron chi connectivity index (χ3n) is 2.97. The largest absolute Gasteiger partial charge is 0.480 e. The Labute approximate surface area is 117 Å². The third-order valence-corrected chi connectivity index (χ3v) is 4.82. The molecule has 0 saturated heterocycles. The van der Waals surface area contributed by atoms with Crippen LogP contribution in [0.1, 0.15) is 46.5 Å². The number of aliphatic carboxylic acids is 1. The lowest BCUT2D eigenvalue weighted by Gasteiger charge is -2.16. The summed E-state index contributed by atoms with van der Waals surface area (Å²) in [6.45, 7) is 6.80. The molecule has 0 fully saturated rings. The van der Waals surface area contributed by atoms with Crippen LogP contribution in [0, 0.1) is 10.7 Å². The van der Waals surface area contributed by atoms with Crippen LogP contribution in [0.3, 0.4) is 0 Å². The van der Waals surface area contributed by atoms with Crippen molar-refractivity contribution in [3.05, 3.63) is 0 Å². The molecule has 0 rings (SSSR count). The number of nitrogens with one attached hydrogen (secondary N) is 2. The normalized spacial score (nSPS) is 16.2. The molecule has 0 aliphatic heterocycles. The third kappa shape index (κ3) is 9.90. The molecule has 2 atom stereocenters. The van der Waals surface area contributed by atoms with Gasteiger partial charge in [-0.1, -0.05) is 27.2 Å². The van der Waals surface area contributed by atoms with Gasteiger partial charge in [-0.05, 0) is 31.7 Å². The van der Waals surface area contributed by atoms with Gasteiger partial charge in [0.15, 0.2) is 0 Å². The van der Waals surface area contributed by atoms with Gasteiger partial charge in [-0.2, -0.15) is 0 Å². The van der Waals surface area contributed by atoms with Gasteiger partial charge in [0.05, 0.1) is 0 Å². The zero-order chi connectivity index (χ0) is 14.9. The number of carboxylic acid groups (broad SMARTS) is 1. The fourth-order valence-corrected chi connectivity index (χ4v) is 3.22. The Hall–Kier alpha value is -0.620. The summed E-state index contributed by atoms with van der Waals surface area (Å²) in [6, 6.07) is -0.688. The molecule has 0 spiro atoms. The molecule has 0 radical (unpaired) electrons. The topological polar surface area (TPSA) is 90.3 Å². The van der Waals surface area contributed by atoms with Crippen LogP contribution in [0.4, 0.5) is 0 Å². The summed E-state index contributed by atoms with van der Waals surface area (Å²) in [5.41, 5.74) is 0. The molecule has 6 heteroatoms. The zero-order valence-corrected chi connectivity index (χ0v) is 13.1. The van der Waals surface area contributed by atoms with E-state index in [0.29, 0.717) is 18.2 Å². The highest BCUT2D eigenvalue weighted by molar-refractivity contribution is 7.92. The lowest BCUT2D eigenvalue weighted by molar-refractivity contribution is -0.139. The average molecular weight is 292 g/mol. The van der Waals surface area contributed by atoms with Gasteiger partial charge in [0.2, 0.25) is 0 Å². The van der Waals surface area contributed by atoms with Crippen molar-refractivity contribution in [3.63, 3.8) is 0 Å². The van der Waals surface area contributed by atoms with Gasteiger partial charge < -0.3 is 10.4 Å². The summed E-state index contributed by atoms with van der Waals surface area (Å²) in [7, 11) is -2.62. The predicted octanol–water partition coefficient (Wildman–Crippen LogP) is 2.31. The molecular weight excluding hydrogens is 264 g/mol. The summed E-state index contributed by atoms with van der Waals surface area (Å²) >= 11 is 0. The lowest BCUT2D eigenvalue weighted by Crippen LogP contribution is -2.39. The minimum absolute atomic E-state index is 0.165. The number of carbonyl (C=O) groups is 1. The van der Waals surface area contributed by atoms with Crippen LogP contribution in [-0.2, 0) is 14.5 Å². The second-order valence-electron chi connectivity index (χ2n) is 5.39. The van der Waals surface area contributed by atoms with Crippen molar-refractivity contribution in [2.45, 2.75) is 52.5 Å². The van der Waals surface area contributed by atoms with Crippen molar-refractivity contribution >= 4 is 15.7 Å². The van der Waals surface area contributed by atoms with Gasteiger partial charge in [0.1, 0.15) is 6.04 Å². The van der Waals surface area contributed by atoms with Crippen molar-refractivity contribution in [3.8, 4) is 0 Å². The fourth-order valence-electron chi connectivity index (χ4n) is 1.65. The first-order valence-corrected chi connectivity index (χ1v) is 8.88. The molecule has 0 aliphatic carbocycles. The van der Waals surface area contributed by atoms with Crippen LogP contribution in [0.15, 0.2) is 0 Å². The number of carboxylic acids is 1. The Morgan fingerprint density at radius 3 is 2.42 bits per heavy atom. The Bertz CT molecular complexity index is 353. The minimum atomic E-state index is -2.62. The highest BCUT2D eigenvalue weighted by atomic mass is 32.2. The first-order chi connectivity index (χ1) is 8.78. The van der Waals surface area contributed by atoms with Gasteiger partial charge in [-0.25, -0.2) is 4.21 Å². The maximum atomic E-state index is 11.9. The van der Waals surface area contributed by atoms with Crippen molar-refractivity contribution in [2.24, 2.45) is 5.92 Å². The summed E-state index contributed by atoms with van der Waals surface area (Å²) in [4.78, 5) is 11.1. The van der Waals surface area contributed by atoms with Crippen LogP contribution in [0.2, 0.25) is 0 Å². The smallest absolute Gasteiger partial charge is 0.320 e. The summed E-state index contributed by atoms with van der Waals surface area (Å²) < 4.78 is 19.6. The molecule has 5 nitrogen and oxygen atoms in total. The van der Waals surface area contributed by atoms with Gasteiger partial charge in [-0.3, -0.25) is 9.57 Å². The Balaban J connectivity index is 4.17. The molecule has 0 aromatic rings. The van der Waals surface area contributed by atoms with E-state index >= 15 is 0 Å². The molecule has 0 amide bonds. The van der Waals surface area contributed by atoms with E-state index in [9.17, 15) is 9.00 Å². The molecule has 19 heavy (non-hydrogen) atoms. The van der Waals surface area contributed by atoms with Gasteiger partial charge >= 0.3 is 5.97 Å². The van der Waals surface area contributed by atoms with E-state index in [1.165, 1.54) is 0 Å². The van der Waals surface area contributed by atoms with Crippen molar-refractivity contribution in [1.82, 2.24) is 5.32 Å². The van der Waals surface area contributed by atoms with E-state index in [1.54, 1.807) is 0 Å². The zero-order valence-electron chi connectivity index (χ0n) is 12.3.